The molecule has 3 rings (SSSR count). The van der Waals surface area contributed by atoms with Crippen molar-refractivity contribution in [3.63, 3.8) is 0 Å². The molecule has 1 heterocycles. The summed E-state index contributed by atoms with van der Waals surface area (Å²) < 4.78 is 25.1. The molecule has 3 unspecified atom stereocenters. The third-order valence-electron chi connectivity index (χ3n) is 4.71. The van der Waals surface area contributed by atoms with E-state index < -0.39 is 43.1 Å². The molecule has 1 saturated heterocycles. The Morgan fingerprint density at radius 1 is 1.10 bits per heavy atom. The highest BCUT2D eigenvalue weighted by atomic mass is 19.1. The third-order valence-corrected chi connectivity index (χ3v) is 4.71. The number of aliphatic hydroxyl groups excluding tert-OH is 4. The van der Waals surface area contributed by atoms with Gasteiger partial charge in [-0.3, -0.25) is 4.79 Å². The van der Waals surface area contributed by atoms with E-state index in [4.69, 9.17) is 9.47 Å². The van der Waals surface area contributed by atoms with Crippen LogP contribution in [-0.2, 0) is 4.74 Å². The molecule has 8 nitrogen and oxygen atoms in total. The van der Waals surface area contributed by atoms with Crippen LogP contribution < -0.4 is 10.1 Å². The van der Waals surface area contributed by atoms with Gasteiger partial charge in [-0.2, -0.15) is 0 Å². The Bertz CT molecular complexity index is 876. The highest BCUT2D eigenvalue weighted by Crippen LogP contribution is 2.29. The van der Waals surface area contributed by atoms with E-state index in [1.165, 1.54) is 19.2 Å². The molecule has 9 heteroatoms. The van der Waals surface area contributed by atoms with E-state index in [9.17, 15) is 29.6 Å². The quantitative estimate of drug-likeness (QED) is 0.473. The Hall–Kier alpha value is -2.56. The van der Waals surface area contributed by atoms with E-state index in [0.717, 1.165) is 0 Å². The van der Waals surface area contributed by atoms with Crippen molar-refractivity contribution in [1.29, 1.82) is 0 Å². The molecule has 1 aliphatic rings. The summed E-state index contributed by atoms with van der Waals surface area (Å²) in [5.74, 6) is -1.28. The normalized spacial score (nSPS) is 26.8. The Balaban J connectivity index is 1.81. The molecule has 0 spiro atoms. The van der Waals surface area contributed by atoms with Crippen LogP contribution in [-0.4, -0.2) is 70.7 Å². The summed E-state index contributed by atoms with van der Waals surface area (Å²) in [4.78, 5) is 11.8. The number of benzene rings is 2. The van der Waals surface area contributed by atoms with Gasteiger partial charge in [0.15, 0.2) is 11.6 Å². The second-order valence-corrected chi connectivity index (χ2v) is 6.62. The highest BCUT2D eigenvalue weighted by molar-refractivity contribution is 5.95. The average molecular weight is 407 g/mol. The fourth-order valence-corrected chi connectivity index (χ4v) is 3.05. The fourth-order valence-electron chi connectivity index (χ4n) is 3.05. The van der Waals surface area contributed by atoms with E-state index in [-0.39, 0.29) is 11.7 Å². The van der Waals surface area contributed by atoms with Gasteiger partial charge in [0, 0.05) is 12.6 Å². The molecule has 1 fully saturated rings. The molecule has 0 saturated carbocycles. The number of amides is 1. The first-order valence-electron chi connectivity index (χ1n) is 8.95. The van der Waals surface area contributed by atoms with Gasteiger partial charge in [-0.25, -0.2) is 4.39 Å². The molecule has 0 aliphatic carbocycles. The minimum atomic E-state index is -1.64. The lowest BCUT2D eigenvalue weighted by Gasteiger charge is -2.39. The molecule has 1 amide bonds. The Morgan fingerprint density at radius 3 is 2.48 bits per heavy atom. The van der Waals surface area contributed by atoms with Crippen LogP contribution in [0.25, 0.3) is 11.1 Å². The largest absolute Gasteiger partial charge is 0.459 e. The number of carbonyl (C=O) groups excluding carboxylic acids is 1. The zero-order valence-electron chi connectivity index (χ0n) is 15.5. The maximum absolute atomic E-state index is 14.6. The Kier molecular flexibility index (Phi) is 6.46. The summed E-state index contributed by atoms with van der Waals surface area (Å²) >= 11 is 0. The molecule has 0 bridgehead atoms. The molecule has 1 aliphatic heterocycles. The monoisotopic (exact) mass is 407 g/mol. The van der Waals surface area contributed by atoms with E-state index >= 15 is 0 Å². The first-order valence-corrected chi connectivity index (χ1v) is 8.95. The lowest BCUT2D eigenvalue weighted by atomic mass is 9.99. The number of carbonyl (C=O) groups is 1. The van der Waals surface area contributed by atoms with Gasteiger partial charge in [-0.05, 0) is 35.4 Å². The van der Waals surface area contributed by atoms with E-state index in [0.29, 0.717) is 16.7 Å². The SMILES string of the molecule is CNC(=O)c1cccc(-c2ccc(O[C@H]3OC(CO)[C@@H](O)C(O)C3O)c(F)c2)c1. The Labute approximate surface area is 166 Å². The summed E-state index contributed by atoms with van der Waals surface area (Å²) in [6.07, 6.45) is -7.44. The average Bonchev–Trinajstić information content (AvgIpc) is 2.74. The van der Waals surface area contributed by atoms with Crippen molar-refractivity contribution in [3.05, 3.63) is 53.8 Å². The number of rotatable bonds is 5. The number of hydrogen-bond donors (Lipinski definition) is 5. The minimum absolute atomic E-state index is 0.250. The molecule has 29 heavy (non-hydrogen) atoms. The summed E-state index contributed by atoms with van der Waals surface area (Å²) in [5.41, 5.74) is 1.53. The topological polar surface area (TPSA) is 128 Å². The fraction of sp³-hybridized carbons (Fsp3) is 0.350. The maximum Gasteiger partial charge on any atom is 0.251 e. The van der Waals surface area contributed by atoms with Crippen LogP contribution in [0.2, 0.25) is 0 Å². The highest BCUT2D eigenvalue weighted by Gasteiger charge is 2.44. The van der Waals surface area contributed by atoms with Crippen molar-refractivity contribution in [1.82, 2.24) is 5.32 Å². The van der Waals surface area contributed by atoms with Crippen LogP contribution in [0.5, 0.6) is 5.75 Å². The van der Waals surface area contributed by atoms with E-state index in [2.05, 4.69) is 5.32 Å². The number of ether oxygens (including phenoxy) is 2. The first-order chi connectivity index (χ1) is 13.8. The van der Waals surface area contributed by atoms with Crippen molar-refractivity contribution in [3.8, 4) is 16.9 Å². The number of aliphatic hydroxyl groups is 4. The molecule has 5 N–H and O–H groups in total. The number of hydrogen-bond acceptors (Lipinski definition) is 7. The van der Waals surface area contributed by atoms with Gasteiger partial charge >= 0.3 is 0 Å². The van der Waals surface area contributed by atoms with Gasteiger partial charge in [0.1, 0.15) is 24.4 Å². The zero-order chi connectivity index (χ0) is 21.1. The van der Waals surface area contributed by atoms with Gasteiger partial charge in [0.2, 0.25) is 6.29 Å². The predicted octanol–water partition coefficient (Wildman–Crippen LogP) is 0.0310. The lowest BCUT2D eigenvalue weighted by Crippen LogP contribution is -2.60. The van der Waals surface area contributed by atoms with E-state index in [1.54, 1.807) is 30.3 Å². The van der Waals surface area contributed by atoms with Crippen LogP contribution in [0.15, 0.2) is 42.5 Å². The zero-order valence-corrected chi connectivity index (χ0v) is 15.5. The van der Waals surface area contributed by atoms with Gasteiger partial charge in [0.25, 0.3) is 5.91 Å². The molecule has 0 aromatic heterocycles. The van der Waals surface area contributed by atoms with Crippen LogP contribution in [0.1, 0.15) is 10.4 Å². The summed E-state index contributed by atoms with van der Waals surface area (Å²) in [6.45, 7) is -0.617. The van der Waals surface area contributed by atoms with Gasteiger partial charge in [-0.1, -0.05) is 18.2 Å². The van der Waals surface area contributed by atoms with Crippen LogP contribution >= 0.6 is 0 Å². The first kappa shape index (κ1) is 21.2. The second-order valence-electron chi connectivity index (χ2n) is 6.62. The number of nitrogens with one attached hydrogen (secondary N) is 1. The van der Waals surface area contributed by atoms with Gasteiger partial charge < -0.3 is 35.2 Å². The summed E-state index contributed by atoms with van der Waals surface area (Å²) in [6, 6.07) is 10.7. The molecule has 2 aromatic carbocycles. The summed E-state index contributed by atoms with van der Waals surface area (Å²) in [5, 5.41) is 41.3. The molecular weight excluding hydrogens is 385 g/mol. The molecule has 5 atom stereocenters. The number of halogens is 1. The van der Waals surface area contributed by atoms with Gasteiger partial charge in [-0.15, -0.1) is 0 Å². The van der Waals surface area contributed by atoms with Crippen LogP contribution in [0.4, 0.5) is 4.39 Å². The van der Waals surface area contributed by atoms with Gasteiger partial charge in [0.05, 0.1) is 6.61 Å². The van der Waals surface area contributed by atoms with Crippen LogP contribution in [0, 0.1) is 5.82 Å². The van der Waals surface area contributed by atoms with Crippen molar-refractivity contribution < 1.29 is 39.1 Å². The predicted molar refractivity (Wildman–Crippen MR) is 99.6 cm³/mol. The molecular formula is C20H22FNO7. The molecule has 2 aromatic rings. The van der Waals surface area contributed by atoms with Crippen molar-refractivity contribution in [2.24, 2.45) is 0 Å². The van der Waals surface area contributed by atoms with Crippen molar-refractivity contribution in [2.45, 2.75) is 30.7 Å². The standard InChI is InChI=1S/C20H22FNO7/c1-22-19(27)12-4-2-3-10(7-12)11-5-6-14(13(21)8-11)28-20-18(26)17(25)16(24)15(9-23)29-20/h2-8,15-18,20,23-26H,9H2,1H3,(H,22,27)/t15?,16-,17?,18?,20+/m1/s1. The molecule has 156 valence electrons. The minimum Gasteiger partial charge on any atom is -0.459 e. The smallest absolute Gasteiger partial charge is 0.251 e. The van der Waals surface area contributed by atoms with Crippen molar-refractivity contribution in [2.75, 3.05) is 13.7 Å². The molecule has 0 radical (unpaired) electrons. The third kappa shape index (κ3) is 4.39. The van der Waals surface area contributed by atoms with Crippen LogP contribution in [0.3, 0.4) is 0 Å². The van der Waals surface area contributed by atoms with Crippen molar-refractivity contribution >= 4 is 5.91 Å². The second kappa shape index (κ2) is 8.85. The Morgan fingerprint density at radius 2 is 1.83 bits per heavy atom. The summed E-state index contributed by atoms with van der Waals surface area (Å²) in [7, 11) is 1.51. The lowest BCUT2D eigenvalue weighted by molar-refractivity contribution is -0.277. The van der Waals surface area contributed by atoms with E-state index in [1.807, 2.05) is 0 Å². The maximum atomic E-state index is 14.6.